The number of hydrogen-bond donors (Lipinski definition) is 2. The number of nitrogens with zero attached hydrogens (tertiary/aromatic N) is 2. The van der Waals surface area contributed by atoms with Gasteiger partial charge in [0.05, 0.1) is 29.4 Å². The fraction of sp³-hybridized carbons (Fsp3) is 0.370. The molecule has 188 valence electrons. The van der Waals surface area contributed by atoms with Gasteiger partial charge in [0.2, 0.25) is 11.8 Å². The molecule has 0 unspecified atom stereocenters. The molecule has 36 heavy (non-hydrogen) atoms. The lowest BCUT2D eigenvalue weighted by Gasteiger charge is -2.22. The van der Waals surface area contributed by atoms with Gasteiger partial charge in [0, 0.05) is 18.9 Å². The monoisotopic (exact) mass is 490 g/mol. The molecule has 1 fully saturated rings. The number of carbonyl (C=O) groups excluding carboxylic acids is 3. The maximum absolute atomic E-state index is 13.3. The van der Waals surface area contributed by atoms with E-state index in [1.165, 1.54) is 18.1 Å². The third-order valence-corrected chi connectivity index (χ3v) is 6.39. The van der Waals surface area contributed by atoms with E-state index in [0.29, 0.717) is 16.7 Å². The lowest BCUT2D eigenvalue weighted by atomic mass is 9.95. The SMILES string of the molecule is COC(=O)c1ccccc1NC(=O)Cn1c(=O)c(CCC(=O)NC2CCCCC2)nc2ccccc21. The lowest BCUT2D eigenvalue weighted by molar-refractivity contribution is -0.122. The van der Waals surface area contributed by atoms with Crippen molar-refractivity contribution in [1.82, 2.24) is 14.9 Å². The van der Waals surface area contributed by atoms with E-state index in [9.17, 15) is 19.2 Å². The van der Waals surface area contributed by atoms with Crippen molar-refractivity contribution in [3.63, 3.8) is 0 Å². The molecule has 2 aromatic carbocycles. The van der Waals surface area contributed by atoms with Crippen LogP contribution >= 0.6 is 0 Å². The number of para-hydroxylation sites is 3. The number of esters is 1. The van der Waals surface area contributed by atoms with Gasteiger partial charge < -0.3 is 15.4 Å². The van der Waals surface area contributed by atoms with E-state index in [1.807, 2.05) is 0 Å². The van der Waals surface area contributed by atoms with Crippen molar-refractivity contribution in [2.75, 3.05) is 12.4 Å². The Morgan fingerprint density at radius 2 is 1.72 bits per heavy atom. The molecule has 0 aliphatic heterocycles. The summed E-state index contributed by atoms with van der Waals surface area (Å²) in [5.41, 5.74) is 1.38. The number of rotatable bonds is 8. The summed E-state index contributed by atoms with van der Waals surface area (Å²) in [6.45, 7) is -0.279. The zero-order chi connectivity index (χ0) is 25.5. The first-order chi connectivity index (χ1) is 17.5. The molecule has 0 spiro atoms. The number of fused-ring (bicyclic) bond motifs is 1. The Labute approximate surface area is 208 Å². The minimum Gasteiger partial charge on any atom is -0.465 e. The second kappa shape index (κ2) is 11.6. The number of amides is 2. The fourth-order valence-corrected chi connectivity index (χ4v) is 4.56. The first-order valence-corrected chi connectivity index (χ1v) is 12.2. The van der Waals surface area contributed by atoms with Gasteiger partial charge in [-0.25, -0.2) is 9.78 Å². The van der Waals surface area contributed by atoms with Crippen LogP contribution in [0, 0.1) is 0 Å². The molecule has 0 saturated heterocycles. The smallest absolute Gasteiger partial charge is 0.339 e. The molecule has 0 radical (unpaired) electrons. The minimum absolute atomic E-state index is 0.0973. The van der Waals surface area contributed by atoms with Crippen LogP contribution in [0.3, 0.4) is 0 Å². The van der Waals surface area contributed by atoms with Crippen LogP contribution in [-0.4, -0.2) is 40.5 Å². The second-order valence-corrected chi connectivity index (χ2v) is 8.93. The normalized spacial score (nSPS) is 13.8. The van der Waals surface area contributed by atoms with E-state index in [0.717, 1.165) is 25.7 Å². The van der Waals surface area contributed by atoms with Crippen LogP contribution < -0.4 is 16.2 Å². The van der Waals surface area contributed by atoms with Crippen molar-refractivity contribution in [2.45, 2.75) is 57.5 Å². The number of hydrogen-bond acceptors (Lipinski definition) is 6. The largest absolute Gasteiger partial charge is 0.465 e. The van der Waals surface area contributed by atoms with Gasteiger partial charge in [0.25, 0.3) is 5.56 Å². The van der Waals surface area contributed by atoms with Gasteiger partial charge in [-0.05, 0) is 37.1 Å². The highest BCUT2D eigenvalue weighted by Gasteiger charge is 2.19. The van der Waals surface area contributed by atoms with Crippen LogP contribution in [-0.2, 0) is 27.3 Å². The first kappa shape index (κ1) is 25.1. The van der Waals surface area contributed by atoms with E-state index in [-0.39, 0.29) is 42.6 Å². The zero-order valence-corrected chi connectivity index (χ0v) is 20.3. The molecule has 1 aliphatic rings. The van der Waals surface area contributed by atoms with Crippen LogP contribution in [0.5, 0.6) is 0 Å². The van der Waals surface area contributed by atoms with Crippen molar-refractivity contribution in [1.29, 1.82) is 0 Å². The number of aryl methyl sites for hydroxylation is 1. The molecule has 2 amide bonds. The molecule has 4 rings (SSSR count). The standard InChI is InChI=1S/C27H30N4O5/c1-36-27(35)19-11-5-6-12-20(19)30-25(33)17-31-23-14-8-7-13-21(23)29-22(26(31)34)15-16-24(32)28-18-9-3-2-4-10-18/h5-8,11-14,18H,2-4,9-10,15-17H2,1H3,(H,28,32)(H,30,33). The third kappa shape index (κ3) is 5.97. The van der Waals surface area contributed by atoms with Gasteiger partial charge in [-0.15, -0.1) is 0 Å². The minimum atomic E-state index is -0.578. The Morgan fingerprint density at radius 3 is 2.50 bits per heavy atom. The maximum atomic E-state index is 13.3. The summed E-state index contributed by atoms with van der Waals surface area (Å²) in [6, 6.07) is 13.7. The van der Waals surface area contributed by atoms with Crippen molar-refractivity contribution in [2.24, 2.45) is 0 Å². The number of anilines is 1. The molecule has 1 heterocycles. The molecular weight excluding hydrogens is 460 g/mol. The molecule has 1 aliphatic carbocycles. The molecule has 1 saturated carbocycles. The topological polar surface area (TPSA) is 119 Å². The molecular formula is C27H30N4O5. The molecule has 9 nitrogen and oxygen atoms in total. The van der Waals surface area contributed by atoms with E-state index >= 15 is 0 Å². The number of carbonyl (C=O) groups is 3. The maximum Gasteiger partial charge on any atom is 0.339 e. The lowest BCUT2D eigenvalue weighted by Crippen LogP contribution is -2.37. The Balaban J connectivity index is 1.53. The van der Waals surface area contributed by atoms with Crippen LogP contribution in [0.2, 0.25) is 0 Å². The molecule has 1 aromatic heterocycles. The summed E-state index contributed by atoms with van der Waals surface area (Å²) < 4.78 is 6.13. The van der Waals surface area contributed by atoms with Crippen molar-refractivity contribution in [3.05, 3.63) is 70.1 Å². The number of aromatic nitrogens is 2. The highest BCUT2D eigenvalue weighted by molar-refractivity contribution is 6.01. The number of nitrogens with one attached hydrogen (secondary N) is 2. The van der Waals surface area contributed by atoms with E-state index < -0.39 is 17.4 Å². The fourth-order valence-electron chi connectivity index (χ4n) is 4.56. The second-order valence-electron chi connectivity index (χ2n) is 8.93. The Kier molecular flexibility index (Phi) is 8.10. The molecule has 2 N–H and O–H groups in total. The average Bonchev–Trinajstić information content (AvgIpc) is 2.89. The van der Waals surface area contributed by atoms with E-state index in [4.69, 9.17) is 4.74 Å². The van der Waals surface area contributed by atoms with Crippen molar-refractivity contribution < 1.29 is 19.1 Å². The van der Waals surface area contributed by atoms with Crippen molar-refractivity contribution >= 4 is 34.5 Å². The first-order valence-electron chi connectivity index (χ1n) is 12.2. The summed E-state index contributed by atoms with van der Waals surface area (Å²) in [5, 5.41) is 5.76. The van der Waals surface area contributed by atoms with Gasteiger partial charge in [0.1, 0.15) is 12.2 Å². The van der Waals surface area contributed by atoms with E-state index in [2.05, 4.69) is 15.6 Å². The van der Waals surface area contributed by atoms with Gasteiger partial charge in [-0.2, -0.15) is 0 Å². The highest BCUT2D eigenvalue weighted by Crippen LogP contribution is 2.18. The summed E-state index contributed by atoms with van der Waals surface area (Å²) in [5.74, 6) is -1.16. The summed E-state index contributed by atoms with van der Waals surface area (Å²) in [4.78, 5) is 55.2. The van der Waals surface area contributed by atoms with Crippen molar-refractivity contribution in [3.8, 4) is 0 Å². The summed E-state index contributed by atoms with van der Waals surface area (Å²) in [7, 11) is 1.26. The van der Waals surface area contributed by atoms with E-state index in [1.54, 1.807) is 48.5 Å². The summed E-state index contributed by atoms with van der Waals surface area (Å²) in [6.07, 6.45) is 5.74. The zero-order valence-electron chi connectivity index (χ0n) is 20.3. The Morgan fingerprint density at radius 1 is 1.00 bits per heavy atom. The van der Waals surface area contributed by atoms with Gasteiger partial charge >= 0.3 is 5.97 Å². The van der Waals surface area contributed by atoms with Gasteiger partial charge in [-0.3, -0.25) is 19.0 Å². The van der Waals surface area contributed by atoms with Crippen LogP contribution in [0.4, 0.5) is 5.69 Å². The molecule has 3 aromatic rings. The Hall–Kier alpha value is -4.01. The molecule has 0 atom stereocenters. The summed E-state index contributed by atoms with van der Waals surface area (Å²) >= 11 is 0. The number of methoxy groups -OCH3 is 1. The predicted molar refractivity (Wildman–Crippen MR) is 136 cm³/mol. The molecule has 0 bridgehead atoms. The molecule has 9 heteroatoms. The van der Waals surface area contributed by atoms with Gasteiger partial charge in [0.15, 0.2) is 0 Å². The van der Waals surface area contributed by atoms with Crippen LogP contribution in [0.25, 0.3) is 11.0 Å². The third-order valence-electron chi connectivity index (χ3n) is 6.39. The van der Waals surface area contributed by atoms with Crippen LogP contribution in [0.1, 0.15) is 54.6 Å². The highest BCUT2D eigenvalue weighted by atomic mass is 16.5. The average molecular weight is 491 g/mol. The van der Waals surface area contributed by atoms with Crippen LogP contribution in [0.15, 0.2) is 53.3 Å². The Bertz CT molecular complexity index is 1330. The van der Waals surface area contributed by atoms with Gasteiger partial charge in [-0.1, -0.05) is 43.5 Å². The number of benzene rings is 2. The number of ether oxygens (including phenoxy) is 1. The quantitative estimate of drug-likeness (QED) is 0.468. The predicted octanol–water partition coefficient (Wildman–Crippen LogP) is 3.20.